The fraction of sp³-hybridized carbons (Fsp3) is 0.250. The molecule has 20 heavy (non-hydrogen) atoms. The van der Waals surface area contributed by atoms with Gasteiger partial charge in [-0.2, -0.15) is 4.31 Å². The van der Waals surface area contributed by atoms with Crippen LogP contribution in [0.15, 0.2) is 41.7 Å². The molecule has 0 spiro atoms. The fourth-order valence-electron chi connectivity index (χ4n) is 1.65. The third kappa shape index (κ3) is 3.09. The van der Waals surface area contributed by atoms with Crippen molar-refractivity contribution >= 4 is 16.0 Å². The van der Waals surface area contributed by atoms with Crippen molar-refractivity contribution in [3.63, 3.8) is 0 Å². The number of sulfonamides is 1. The summed E-state index contributed by atoms with van der Waals surface area (Å²) in [5.41, 5.74) is 6.04. The van der Waals surface area contributed by atoms with Crippen LogP contribution in [0.25, 0.3) is 0 Å². The fourth-order valence-corrected chi connectivity index (χ4v) is 2.96. The SMILES string of the molecule is CCN(Cc1ccccn1)S(=O)(=O)c1cnc(N)nc1. The highest BCUT2D eigenvalue weighted by Crippen LogP contribution is 2.16. The predicted molar refractivity (Wildman–Crippen MR) is 74.0 cm³/mol. The van der Waals surface area contributed by atoms with Gasteiger partial charge in [-0.05, 0) is 12.1 Å². The molecule has 7 nitrogen and oxygen atoms in total. The first-order valence-electron chi connectivity index (χ1n) is 6.01. The van der Waals surface area contributed by atoms with E-state index in [2.05, 4.69) is 15.0 Å². The summed E-state index contributed by atoms with van der Waals surface area (Å²) in [7, 11) is -3.65. The van der Waals surface area contributed by atoms with Crippen LogP contribution in [0, 0.1) is 0 Å². The lowest BCUT2D eigenvalue weighted by molar-refractivity contribution is 0.418. The number of rotatable bonds is 5. The van der Waals surface area contributed by atoms with E-state index in [-0.39, 0.29) is 17.4 Å². The molecule has 0 saturated heterocycles. The third-order valence-corrected chi connectivity index (χ3v) is 4.58. The molecule has 2 N–H and O–H groups in total. The average molecular weight is 293 g/mol. The van der Waals surface area contributed by atoms with Gasteiger partial charge >= 0.3 is 0 Å². The molecular formula is C12H15N5O2S. The van der Waals surface area contributed by atoms with Crippen molar-refractivity contribution in [2.75, 3.05) is 12.3 Å². The van der Waals surface area contributed by atoms with Crippen molar-refractivity contribution in [3.05, 3.63) is 42.5 Å². The van der Waals surface area contributed by atoms with Gasteiger partial charge < -0.3 is 5.73 Å². The quantitative estimate of drug-likeness (QED) is 0.869. The van der Waals surface area contributed by atoms with Gasteiger partial charge in [0.25, 0.3) is 0 Å². The first kappa shape index (κ1) is 14.4. The van der Waals surface area contributed by atoms with Crippen LogP contribution in [0.4, 0.5) is 5.95 Å². The Labute approximate surface area is 117 Å². The lowest BCUT2D eigenvalue weighted by Gasteiger charge is -2.19. The van der Waals surface area contributed by atoms with E-state index in [1.165, 1.54) is 16.7 Å². The average Bonchev–Trinajstić information content (AvgIpc) is 2.46. The molecule has 0 aliphatic rings. The zero-order valence-corrected chi connectivity index (χ0v) is 11.8. The number of nitrogen functional groups attached to an aromatic ring is 1. The highest BCUT2D eigenvalue weighted by Gasteiger charge is 2.24. The first-order valence-corrected chi connectivity index (χ1v) is 7.45. The molecule has 0 bridgehead atoms. The minimum atomic E-state index is -3.65. The van der Waals surface area contributed by atoms with Crippen LogP contribution in [0.3, 0.4) is 0 Å². The van der Waals surface area contributed by atoms with Crippen LogP contribution >= 0.6 is 0 Å². The minimum Gasteiger partial charge on any atom is -0.368 e. The van der Waals surface area contributed by atoms with Crippen LogP contribution in [0.1, 0.15) is 12.6 Å². The van der Waals surface area contributed by atoms with Crippen molar-refractivity contribution in [3.8, 4) is 0 Å². The number of nitrogens with zero attached hydrogens (tertiary/aromatic N) is 4. The van der Waals surface area contributed by atoms with E-state index in [0.717, 1.165) is 0 Å². The summed E-state index contributed by atoms with van der Waals surface area (Å²) >= 11 is 0. The molecule has 0 aromatic carbocycles. The van der Waals surface area contributed by atoms with Crippen LogP contribution in [-0.4, -0.2) is 34.2 Å². The van der Waals surface area contributed by atoms with Gasteiger partial charge in [-0.15, -0.1) is 0 Å². The van der Waals surface area contributed by atoms with Gasteiger partial charge in [0.15, 0.2) is 0 Å². The Morgan fingerprint density at radius 3 is 2.45 bits per heavy atom. The smallest absolute Gasteiger partial charge is 0.246 e. The van der Waals surface area contributed by atoms with Gasteiger partial charge in [0.1, 0.15) is 4.90 Å². The van der Waals surface area contributed by atoms with Crippen LogP contribution in [-0.2, 0) is 16.6 Å². The highest BCUT2D eigenvalue weighted by atomic mass is 32.2. The molecule has 0 saturated carbocycles. The molecule has 0 amide bonds. The van der Waals surface area contributed by atoms with Gasteiger partial charge in [-0.3, -0.25) is 4.98 Å². The van der Waals surface area contributed by atoms with Crippen LogP contribution < -0.4 is 5.73 Å². The van der Waals surface area contributed by atoms with E-state index in [4.69, 9.17) is 5.73 Å². The molecule has 2 rings (SSSR count). The molecule has 0 aliphatic carbocycles. The van der Waals surface area contributed by atoms with Gasteiger partial charge in [-0.1, -0.05) is 13.0 Å². The van der Waals surface area contributed by atoms with Gasteiger partial charge in [0, 0.05) is 12.7 Å². The second-order valence-electron chi connectivity index (χ2n) is 4.03. The Kier molecular flexibility index (Phi) is 4.26. The molecule has 0 unspecified atom stereocenters. The monoisotopic (exact) mass is 293 g/mol. The first-order chi connectivity index (χ1) is 9.54. The minimum absolute atomic E-state index is 0.0180. The third-order valence-electron chi connectivity index (χ3n) is 2.70. The summed E-state index contributed by atoms with van der Waals surface area (Å²) in [5.74, 6) is 0.0386. The van der Waals surface area contributed by atoms with E-state index in [9.17, 15) is 8.42 Å². The number of hydrogen-bond acceptors (Lipinski definition) is 6. The highest BCUT2D eigenvalue weighted by molar-refractivity contribution is 7.89. The molecule has 0 radical (unpaired) electrons. The number of hydrogen-bond donors (Lipinski definition) is 1. The lowest BCUT2D eigenvalue weighted by atomic mass is 10.3. The molecule has 0 atom stereocenters. The van der Waals surface area contributed by atoms with Gasteiger partial charge in [0.2, 0.25) is 16.0 Å². The second kappa shape index (κ2) is 5.93. The normalized spacial score (nSPS) is 11.7. The van der Waals surface area contributed by atoms with E-state index < -0.39 is 10.0 Å². The van der Waals surface area contributed by atoms with Crippen molar-refractivity contribution < 1.29 is 8.42 Å². The molecule has 106 valence electrons. The Morgan fingerprint density at radius 1 is 1.20 bits per heavy atom. The van der Waals surface area contributed by atoms with Crippen molar-refractivity contribution in [1.82, 2.24) is 19.3 Å². The zero-order valence-electron chi connectivity index (χ0n) is 11.0. The maximum Gasteiger partial charge on any atom is 0.246 e. The zero-order chi connectivity index (χ0) is 14.6. The Bertz CT molecular complexity index is 658. The summed E-state index contributed by atoms with van der Waals surface area (Å²) < 4.78 is 26.2. The number of nitrogens with two attached hydrogens (primary N) is 1. The van der Waals surface area contributed by atoms with Crippen molar-refractivity contribution in [2.24, 2.45) is 0 Å². The molecule has 8 heteroatoms. The summed E-state index contributed by atoms with van der Waals surface area (Å²) in [6.07, 6.45) is 4.04. The summed E-state index contributed by atoms with van der Waals surface area (Å²) in [4.78, 5) is 11.6. The Balaban J connectivity index is 2.28. The number of anilines is 1. The maximum absolute atomic E-state index is 12.5. The number of pyridine rings is 1. The van der Waals surface area contributed by atoms with Gasteiger partial charge in [0.05, 0.1) is 24.6 Å². The van der Waals surface area contributed by atoms with Gasteiger partial charge in [-0.25, -0.2) is 18.4 Å². The van der Waals surface area contributed by atoms with Crippen molar-refractivity contribution in [1.29, 1.82) is 0 Å². The molecule has 2 aromatic heterocycles. The largest absolute Gasteiger partial charge is 0.368 e. The van der Waals surface area contributed by atoms with Crippen molar-refractivity contribution in [2.45, 2.75) is 18.4 Å². The Morgan fingerprint density at radius 2 is 1.90 bits per heavy atom. The second-order valence-corrected chi connectivity index (χ2v) is 5.97. The topological polar surface area (TPSA) is 102 Å². The number of aromatic nitrogens is 3. The summed E-state index contributed by atoms with van der Waals surface area (Å²) in [6.45, 7) is 2.28. The summed E-state index contributed by atoms with van der Waals surface area (Å²) in [6, 6.07) is 5.37. The van der Waals surface area contributed by atoms with Crippen LogP contribution in [0.5, 0.6) is 0 Å². The molecule has 2 heterocycles. The standard InChI is InChI=1S/C12H15N5O2S/c1-2-17(9-10-5-3-4-6-14-10)20(18,19)11-7-15-12(13)16-8-11/h3-8H,2,9H2,1H3,(H2,13,15,16). The molecule has 0 aliphatic heterocycles. The maximum atomic E-state index is 12.5. The van der Waals surface area contributed by atoms with Crippen LogP contribution in [0.2, 0.25) is 0 Å². The molecule has 0 fully saturated rings. The van der Waals surface area contributed by atoms with E-state index in [1.54, 1.807) is 25.3 Å². The van der Waals surface area contributed by atoms with E-state index in [0.29, 0.717) is 12.2 Å². The molecule has 2 aromatic rings. The van der Waals surface area contributed by atoms with E-state index in [1.807, 2.05) is 6.07 Å². The Hall–Kier alpha value is -2.06. The lowest BCUT2D eigenvalue weighted by Crippen LogP contribution is -2.31. The molecular weight excluding hydrogens is 278 g/mol. The van der Waals surface area contributed by atoms with E-state index >= 15 is 0 Å². The summed E-state index contributed by atoms with van der Waals surface area (Å²) in [5, 5.41) is 0. The predicted octanol–water partition coefficient (Wildman–Crippen LogP) is 0.665.